The Morgan fingerprint density at radius 1 is 1.37 bits per heavy atom. The molecule has 0 aliphatic heterocycles. The first-order valence-corrected chi connectivity index (χ1v) is 6.67. The number of hydrogen-bond donors (Lipinski definition) is 1. The van der Waals surface area contributed by atoms with E-state index in [4.69, 9.17) is 4.74 Å². The molecule has 2 rings (SSSR count). The molecule has 1 aromatic carbocycles. The Morgan fingerprint density at radius 2 is 1.95 bits per heavy atom. The number of ketones is 1. The average Bonchev–Trinajstić information content (AvgIpc) is 2.52. The highest BCUT2D eigenvalue weighted by Gasteiger charge is 2.48. The van der Waals surface area contributed by atoms with Crippen molar-refractivity contribution in [2.24, 2.45) is 5.41 Å². The zero-order valence-electron chi connectivity index (χ0n) is 12.5. The van der Waals surface area contributed by atoms with Gasteiger partial charge in [-0.15, -0.1) is 0 Å². The number of carbonyl (C=O) groups is 1. The molecule has 1 aliphatic carbocycles. The largest absolute Gasteiger partial charge is 0.496 e. The van der Waals surface area contributed by atoms with Gasteiger partial charge >= 0.3 is 0 Å². The van der Waals surface area contributed by atoms with Crippen molar-refractivity contribution in [3.63, 3.8) is 0 Å². The lowest BCUT2D eigenvalue weighted by atomic mass is 9.85. The van der Waals surface area contributed by atoms with Crippen LogP contribution in [0, 0.1) is 12.3 Å². The van der Waals surface area contributed by atoms with Gasteiger partial charge in [0.1, 0.15) is 5.75 Å². The summed E-state index contributed by atoms with van der Waals surface area (Å²) in [5.74, 6) is 0.966. The van der Waals surface area contributed by atoms with Gasteiger partial charge in [0, 0.05) is 11.1 Å². The standard InChI is InChI=1S/C16H22O3/c1-8(2)10-7-11(19-6)9(3)12-13(10)15(18)16(4,5)14(12)17/h7-8,15,18H,1-6H3/t15-/m1/s1. The van der Waals surface area contributed by atoms with Gasteiger partial charge in [0.2, 0.25) is 0 Å². The molecule has 0 amide bonds. The molecule has 0 heterocycles. The van der Waals surface area contributed by atoms with E-state index >= 15 is 0 Å². The van der Waals surface area contributed by atoms with Crippen molar-refractivity contribution < 1.29 is 14.6 Å². The maximum atomic E-state index is 12.6. The van der Waals surface area contributed by atoms with Crippen LogP contribution in [0.15, 0.2) is 6.07 Å². The lowest BCUT2D eigenvalue weighted by Crippen LogP contribution is -2.24. The van der Waals surface area contributed by atoms with Crippen LogP contribution in [0.3, 0.4) is 0 Å². The third-order valence-corrected chi connectivity index (χ3v) is 4.22. The second-order valence-corrected chi connectivity index (χ2v) is 6.19. The maximum absolute atomic E-state index is 12.6. The summed E-state index contributed by atoms with van der Waals surface area (Å²) in [4.78, 5) is 12.6. The van der Waals surface area contributed by atoms with Crippen LogP contribution in [0.4, 0.5) is 0 Å². The van der Waals surface area contributed by atoms with Gasteiger partial charge in [-0.1, -0.05) is 13.8 Å². The minimum Gasteiger partial charge on any atom is -0.496 e. The molecule has 3 heteroatoms. The van der Waals surface area contributed by atoms with Gasteiger partial charge < -0.3 is 9.84 Å². The number of benzene rings is 1. The van der Waals surface area contributed by atoms with Crippen molar-refractivity contribution in [3.05, 3.63) is 28.3 Å². The molecule has 0 saturated carbocycles. The molecule has 1 atom stereocenters. The normalized spacial score (nSPS) is 20.8. The molecule has 0 unspecified atom stereocenters. The summed E-state index contributed by atoms with van der Waals surface area (Å²) in [6.07, 6.45) is -0.739. The Bertz CT molecular complexity index is 541. The second-order valence-electron chi connectivity index (χ2n) is 6.19. The van der Waals surface area contributed by atoms with Crippen molar-refractivity contribution in [1.82, 2.24) is 0 Å². The van der Waals surface area contributed by atoms with Crippen molar-refractivity contribution >= 4 is 5.78 Å². The zero-order chi connectivity index (χ0) is 14.5. The third-order valence-electron chi connectivity index (χ3n) is 4.22. The summed E-state index contributed by atoms with van der Waals surface area (Å²) in [7, 11) is 1.61. The number of carbonyl (C=O) groups excluding carboxylic acids is 1. The first-order chi connectivity index (χ1) is 8.73. The molecular formula is C16H22O3. The number of Topliss-reactive ketones (excluding diaryl/α,β-unsaturated/α-hetero) is 1. The minimum atomic E-state index is -0.761. The van der Waals surface area contributed by atoms with Gasteiger partial charge in [0.05, 0.1) is 18.6 Å². The topological polar surface area (TPSA) is 46.5 Å². The summed E-state index contributed by atoms with van der Waals surface area (Å²) in [6, 6.07) is 1.96. The molecule has 1 aromatic rings. The number of ether oxygens (including phenoxy) is 1. The fourth-order valence-corrected chi connectivity index (χ4v) is 2.88. The first-order valence-electron chi connectivity index (χ1n) is 6.67. The van der Waals surface area contributed by atoms with Crippen LogP contribution in [0.25, 0.3) is 0 Å². The third kappa shape index (κ3) is 1.79. The first kappa shape index (κ1) is 14.1. The quantitative estimate of drug-likeness (QED) is 0.888. The van der Waals surface area contributed by atoms with Crippen molar-refractivity contribution in [2.45, 2.75) is 46.6 Å². The highest BCUT2D eigenvalue weighted by molar-refractivity contribution is 6.07. The summed E-state index contributed by atoms with van der Waals surface area (Å²) in [5, 5.41) is 10.5. The van der Waals surface area contributed by atoms with E-state index in [2.05, 4.69) is 13.8 Å². The lowest BCUT2D eigenvalue weighted by molar-refractivity contribution is 0.0488. The molecule has 1 N–H and O–H groups in total. The number of methoxy groups -OCH3 is 1. The molecule has 0 spiro atoms. The highest BCUT2D eigenvalue weighted by atomic mass is 16.5. The van der Waals surface area contributed by atoms with Gasteiger partial charge in [-0.05, 0) is 43.9 Å². The Hall–Kier alpha value is -1.35. The monoisotopic (exact) mass is 262 g/mol. The number of aliphatic hydroxyl groups excluding tert-OH is 1. The highest BCUT2D eigenvalue weighted by Crippen LogP contribution is 2.50. The van der Waals surface area contributed by atoms with Gasteiger partial charge in [-0.25, -0.2) is 0 Å². The predicted octanol–water partition coefficient (Wildman–Crippen LogP) is 3.38. The van der Waals surface area contributed by atoms with Gasteiger partial charge in [-0.2, -0.15) is 0 Å². The van der Waals surface area contributed by atoms with E-state index in [9.17, 15) is 9.90 Å². The second kappa shape index (κ2) is 4.34. The Balaban J connectivity index is 2.83. The number of fused-ring (bicyclic) bond motifs is 1. The number of aliphatic hydroxyl groups is 1. The average molecular weight is 262 g/mol. The van der Waals surface area contributed by atoms with Crippen LogP contribution in [0.5, 0.6) is 5.75 Å². The molecular weight excluding hydrogens is 240 g/mol. The van der Waals surface area contributed by atoms with E-state index in [1.165, 1.54) is 0 Å². The van der Waals surface area contributed by atoms with Gasteiger partial charge in [0.15, 0.2) is 5.78 Å². The van der Waals surface area contributed by atoms with Crippen molar-refractivity contribution in [1.29, 1.82) is 0 Å². The van der Waals surface area contributed by atoms with Crippen LogP contribution >= 0.6 is 0 Å². The van der Waals surface area contributed by atoms with Crippen LogP contribution < -0.4 is 4.74 Å². The molecule has 0 aromatic heterocycles. The lowest BCUT2D eigenvalue weighted by Gasteiger charge is -2.22. The molecule has 0 saturated heterocycles. The van der Waals surface area contributed by atoms with Gasteiger partial charge in [-0.3, -0.25) is 4.79 Å². The summed E-state index contributed by atoms with van der Waals surface area (Å²) in [6.45, 7) is 9.61. The zero-order valence-corrected chi connectivity index (χ0v) is 12.5. The van der Waals surface area contributed by atoms with Crippen LogP contribution in [0.2, 0.25) is 0 Å². The van der Waals surface area contributed by atoms with Crippen molar-refractivity contribution in [3.8, 4) is 5.75 Å². The molecule has 0 radical (unpaired) electrons. The Kier molecular flexibility index (Phi) is 3.21. The van der Waals surface area contributed by atoms with E-state index in [1.54, 1.807) is 21.0 Å². The van der Waals surface area contributed by atoms with E-state index < -0.39 is 11.5 Å². The van der Waals surface area contributed by atoms with Gasteiger partial charge in [0.25, 0.3) is 0 Å². The van der Waals surface area contributed by atoms with E-state index in [0.717, 1.165) is 22.4 Å². The molecule has 104 valence electrons. The van der Waals surface area contributed by atoms with E-state index in [0.29, 0.717) is 5.56 Å². The molecule has 3 nitrogen and oxygen atoms in total. The fourth-order valence-electron chi connectivity index (χ4n) is 2.88. The fraction of sp³-hybridized carbons (Fsp3) is 0.562. The van der Waals surface area contributed by atoms with Crippen LogP contribution in [-0.2, 0) is 0 Å². The number of rotatable bonds is 2. The van der Waals surface area contributed by atoms with Crippen LogP contribution in [0.1, 0.15) is 66.8 Å². The van der Waals surface area contributed by atoms with Crippen molar-refractivity contribution in [2.75, 3.05) is 7.11 Å². The SMILES string of the molecule is COc1cc(C(C)C)c2c(c1C)C(=O)C(C)(C)[C@@H]2O. The van der Waals surface area contributed by atoms with E-state index in [-0.39, 0.29) is 11.7 Å². The molecule has 19 heavy (non-hydrogen) atoms. The minimum absolute atomic E-state index is 0.00769. The van der Waals surface area contributed by atoms with E-state index in [1.807, 2.05) is 13.0 Å². The summed E-state index contributed by atoms with van der Waals surface area (Å²) < 4.78 is 5.38. The summed E-state index contributed by atoms with van der Waals surface area (Å²) >= 11 is 0. The van der Waals surface area contributed by atoms with Crippen LogP contribution in [-0.4, -0.2) is 18.0 Å². The summed E-state index contributed by atoms with van der Waals surface area (Å²) in [5.41, 5.74) is 2.52. The molecule has 0 fully saturated rings. The Labute approximate surface area is 114 Å². The molecule has 0 bridgehead atoms. The molecule has 1 aliphatic rings. The smallest absolute Gasteiger partial charge is 0.172 e. The predicted molar refractivity (Wildman–Crippen MR) is 74.9 cm³/mol. The Morgan fingerprint density at radius 3 is 2.42 bits per heavy atom. The number of hydrogen-bond acceptors (Lipinski definition) is 3. The maximum Gasteiger partial charge on any atom is 0.172 e.